The van der Waals surface area contributed by atoms with Gasteiger partial charge < -0.3 is 15.4 Å². The summed E-state index contributed by atoms with van der Waals surface area (Å²) in [5.74, 6) is 0.462. The minimum atomic E-state index is -0.419. The molecule has 0 aromatic heterocycles. The normalized spacial score (nSPS) is 22.2. The van der Waals surface area contributed by atoms with Gasteiger partial charge in [-0.15, -0.1) is 0 Å². The molecular formula is C15H18N2O3. The first kappa shape index (κ1) is 13.0. The highest BCUT2D eigenvalue weighted by atomic mass is 16.5. The quantitative estimate of drug-likeness (QED) is 0.863. The number of fused-ring (bicyclic) bond motifs is 1. The van der Waals surface area contributed by atoms with E-state index in [1.165, 1.54) is 0 Å². The average Bonchev–Trinajstić information content (AvgIpc) is 2.90. The van der Waals surface area contributed by atoms with Crippen molar-refractivity contribution < 1.29 is 14.3 Å². The molecule has 0 spiro atoms. The number of ether oxygens (including phenoxy) is 1. The molecule has 1 aromatic rings. The van der Waals surface area contributed by atoms with Crippen molar-refractivity contribution in [2.75, 3.05) is 13.1 Å². The summed E-state index contributed by atoms with van der Waals surface area (Å²) in [6, 6.07) is 7.74. The lowest BCUT2D eigenvalue weighted by Crippen LogP contribution is -2.47. The van der Waals surface area contributed by atoms with Crippen LogP contribution in [0.4, 0.5) is 0 Å². The van der Waals surface area contributed by atoms with Gasteiger partial charge in [0.25, 0.3) is 5.91 Å². The molecule has 0 saturated carbocycles. The van der Waals surface area contributed by atoms with Crippen LogP contribution in [0.5, 0.6) is 5.75 Å². The first-order chi connectivity index (χ1) is 9.65. The number of para-hydroxylation sites is 1. The van der Waals surface area contributed by atoms with Gasteiger partial charge in [0, 0.05) is 25.4 Å². The number of nitrogens with zero attached hydrogens (tertiary/aromatic N) is 1. The number of hydrogen-bond acceptors (Lipinski definition) is 3. The van der Waals surface area contributed by atoms with Gasteiger partial charge in [-0.05, 0) is 24.5 Å². The molecule has 0 radical (unpaired) electrons. The van der Waals surface area contributed by atoms with Gasteiger partial charge in [0.2, 0.25) is 5.91 Å². The zero-order chi connectivity index (χ0) is 14.1. The Morgan fingerprint density at radius 2 is 1.90 bits per heavy atom. The van der Waals surface area contributed by atoms with E-state index < -0.39 is 6.10 Å². The van der Waals surface area contributed by atoms with E-state index in [0.717, 1.165) is 11.3 Å². The lowest BCUT2D eigenvalue weighted by Gasteiger charge is -2.32. The van der Waals surface area contributed by atoms with Crippen LogP contribution in [0.15, 0.2) is 24.3 Å². The van der Waals surface area contributed by atoms with Gasteiger partial charge in [-0.3, -0.25) is 9.59 Å². The molecule has 20 heavy (non-hydrogen) atoms. The van der Waals surface area contributed by atoms with Crippen molar-refractivity contribution in [3.8, 4) is 5.75 Å². The topological polar surface area (TPSA) is 72.6 Å². The Balaban J connectivity index is 1.60. The number of amides is 2. The summed E-state index contributed by atoms with van der Waals surface area (Å²) in [6.45, 7) is 1.17. The van der Waals surface area contributed by atoms with Crippen molar-refractivity contribution in [3.63, 3.8) is 0 Å². The van der Waals surface area contributed by atoms with E-state index in [1.807, 2.05) is 24.3 Å². The predicted molar refractivity (Wildman–Crippen MR) is 73.1 cm³/mol. The monoisotopic (exact) mass is 274 g/mol. The van der Waals surface area contributed by atoms with Gasteiger partial charge in [-0.1, -0.05) is 18.2 Å². The maximum absolute atomic E-state index is 12.4. The van der Waals surface area contributed by atoms with Crippen molar-refractivity contribution in [3.05, 3.63) is 29.8 Å². The van der Waals surface area contributed by atoms with E-state index in [0.29, 0.717) is 32.4 Å². The SMILES string of the molecule is NC(=O)C1CCN(C(=O)C2Cc3ccccc3O2)CC1. The van der Waals surface area contributed by atoms with E-state index in [4.69, 9.17) is 10.5 Å². The highest BCUT2D eigenvalue weighted by Gasteiger charge is 2.34. The van der Waals surface area contributed by atoms with Crippen LogP contribution in [0.2, 0.25) is 0 Å². The third-order valence-electron chi connectivity index (χ3n) is 4.13. The second-order valence-electron chi connectivity index (χ2n) is 5.42. The van der Waals surface area contributed by atoms with Crippen molar-refractivity contribution in [1.82, 2.24) is 4.90 Å². The highest BCUT2D eigenvalue weighted by molar-refractivity contribution is 5.83. The van der Waals surface area contributed by atoms with Gasteiger partial charge in [-0.2, -0.15) is 0 Å². The Bertz CT molecular complexity index is 511. The van der Waals surface area contributed by atoms with E-state index in [1.54, 1.807) is 4.90 Å². The number of carbonyl (C=O) groups excluding carboxylic acids is 2. The van der Waals surface area contributed by atoms with Crippen molar-refractivity contribution in [1.29, 1.82) is 0 Å². The summed E-state index contributed by atoms with van der Waals surface area (Å²) in [5, 5.41) is 0. The molecule has 2 heterocycles. The van der Waals surface area contributed by atoms with Crippen LogP contribution in [0.25, 0.3) is 0 Å². The predicted octanol–water partition coefficient (Wildman–Crippen LogP) is 0.714. The maximum atomic E-state index is 12.4. The summed E-state index contributed by atoms with van der Waals surface area (Å²) in [6.07, 6.45) is 1.52. The van der Waals surface area contributed by atoms with Gasteiger partial charge in [-0.25, -0.2) is 0 Å². The molecule has 0 bridgehead atoms. The molecule has 2 amide bonds. The summed E-state index contributed by atoms with van der Waals surface area (Å²) >= 11 is 0. The molecule has 5 nitrogen and oxygen atoms in total. The second kappa shape index (κ2) is 5.15. The molecule has 3 rings (SSSR count). The summed E-state index contributed by atoms with van der Waals surface area (Å²) < 4.78 is 5.71. The molecule has 2 aliphatic heterocycles. The molecule has 1 atom stereocenters. The minimum absolute atomic E-state index is 0.0177. The number of nitrogens with two attached hydrogens (primary N) is 1. The number of carbonyl (C=O) groups is 2. The fourth-order valence-electron chi connectivity index (χ4n) is 2.91. The maximum Gasteiger partial charge on any atom is 0.263 e. The Morgan fingerprint density at radius 1 is 1.20 bits per heavy atom. The Morgan fingerprint density at radius 3 is 2.55 bits per heavy atom. The lowest BCUT2D eigenvalue weighted by molar-refractivity contribution is -0.140. The number of primary amides is 1. The fraction of sp³-hybridized carbons (Fsp3) is 0.467. The summed E-state index contributed by atoms with van der Waals surface area (Å²) in [5.41, 5.74) is 6.38. The molecule has 2 aliphatic rings. The number of likely N-dealkylation sites (tertiary alicyclic amines) is 1. The van der Waals surface area contributed by atoms with Crippen molar-refractivity contribution in [2.45, 2.75) is 25.4 Å². The molecule has 0 aliphatic carbocycles. The zero-order valence-electron chi connectivity index (χ0n) is 11.2. The number of benzene rings is 1. The molecule has 106 valence electrons. The van der Waals surface area contributed by atoms with Gasteiger partial charge in [0.1, 0.15) is 5.75 Å². The van der Waals surface area contributed by atoms with Crippen LogP contribution in [0.1, 0.15) is 18.4 Å². The Hall–Kier alpha value is -2.04. The van der Waals surface area contributed by atoms with E-state index in [9.17, 15) is 9.59 Å². The van der Waals surface area contributed by atoms with Crippen LogP contribution in [-0.2, 0) is 16.0 Å². The van der Waals surface area contributed by atoms with E-state index in [-0.39, 0.29) is 17.7 Å². The Labute approximate surface area is 117 Å². The van der Waals surface area contributed by atoms with Crippen LogP contribution in [0, 0.1) is 5.92 Å². The van der Waals surface area contributed by atoms with Crippen LogP contribution < -0.4 is 10.5 Å². The molecule has 1 aromatic carbocycles. The highest BCUT2D eigenvalue weighted by Crippen LogP contribution is 2.29. The molecular weight excluding hydrogens is 256 g/mol. The lowest BCUT2D eigenvalue weighted by atomic mass is 9.96. The van der Waals surface area contributed by atoms with Crippen molar-refractivity contribution in [2.24, 2.45) is 11.7 Å². The minimum Gasteiger partial charge on any atom is -0.480 e. The number of rotatable bonds is 2. The third kappa shape index (κ3) is 2.35. The molecule has 1 fully saturated rings. The molecule has 1 unspecified atom stereocenters. The molecule has 1 saturated heterocycles. The molecule has 2 N–H and O–H groups in total. The van der Waals surface area contributed by atoms with Gasteiger partial charge >= 0.3 is 0 Å². The number of hydrogen-bond donors (Lipinski definition) is 1. The van der Waals surface area contributed by atoms with Crippen molar-refractivity contribution >= 4 is 11.8 Å². The zero-order valence-corrected chi connectivity index (χ0v) is 11.2. The summed E-state index contributed by atoms with van der Waals surface area (Å²) in [7, 11) is 0. The van der Waals surface area contributed by atoms with E-state index >= 15 is 0 Å². The first-order valence-electron chi connectivity index (χ1n) is 6.98. The van der Waals surface area contributed by atoms with Gasteiger partial charge in [0.15, 0.2) is 6.10 Å². The average molecular weight is 274 g/mol. The number of piperidine rings is 1. The second-order valence-corrected chi connectivity index (χ2v) is 5.42. The smallest absolute Gasteiger partial charge is 0.263 e. The van der Waals surface area contributed by atoms with Crippen LogP contribution >= 0.6 is 0 Å². The van der Waals surface area contributed by atoms with Crippen LogP contribution in [-0.4, -0.2) is 35.9 Å². The largest absolute Gasteiger partial charge is 0.480 e. The van der Waals surface area contributed by atoms with Gasteiger partial charge in [0.05, 0.1) is 0 Å². The third-order valence-corrected chi connectivity index (χ3v) is 4.13. The standard InChI is InChI=1S/C15H18N2O3/c16-14(18)10-5-7-17(8-6-10)15(19)13-9-11-3-1-2-4-12(11)20-13/h1-4,10,13H,5-9H2,(H2,16,18). The van der Waals surface area contributed by atoms with Crippen LogP contribution in [0.3, 0.4) is 0 Å². The first-order valence-corrected chi connectivity index (χ1v) is 6.98. The molecule has 5 heteroatoms. The Kier molecular flexibility index (Phi) is 3.34. The van der Waals surface area contributed by atoms with E-state index in [2.05, 4.69) is 0 Å². The fourth-order valence-corrected chi connectivity index (χ4v) is 2.91. The summed E-state index contributed by atoms with van der Waals surface area (Å²) in [4.78, 5) is 25.3.